The van der Waals surface area contributed by atoms with Crippen LogP contribution < -0.4 is 16.2 Å². The van der Waals surface area contributed by atoms with Crippen molar-refractivity contribution in [2.75, 3.05) is 6.61 Å². The van der Waals surface area contributed by atoms with E-state index in [9.17, 15) is 19.3 Å². The van der Waals surface area contributed by atoms with Gasteiger partial charge in [0.2, 0.25) is 5.91 Å². The molecule has 1 aromatic rings. The SMILES string of the molecule is CC(N)(CCCOc1cc(F)ccc1[N+](=O)[O-])C(N)=O. The van der Waals surface area contributed by atoms with Crippen molar-refractivity contribution in [3.8, 4) is 5.75 Å². The van der Waals surface area contributed by atoms with E-state index in [1.165, 1.54) is 6.92 Å². The quantitative estimate of drug-likeness (QED) is 0.441. The minimum atomic E-state index is -1.17. The fourth-order valence-corrected chi connectivity index (χ4v) is 1.50. The number of amides is 1. The second-order valence-electron chi connectivity index (χ2n) is 4.60. The molecule has 8 heteroatoms. The summed E-state index contributed by atoms with van der Waals surface area (Å²) in [6, 6.07) is 2.95. The van der Waals surface area contributed by atoms with Crippen molar-refractivity contribution < 1.29 is 18.8 Å². The Morgan fingerprint density at radius 1 is 1.55 bits per heavy atom. The Balaban J connectivity index is 2.60. The van der Waals surface area contributed by atoms with Crippen LogP contribution in [0.4, 0.5) is 10.1 Å². The lowest BCUT2D eigenvalue weighted by atomic mass is 9.97. The third-order valence-corrected chi connectivity index (χ3v) is 2.78. The summed E-state index contributed by atoms with van der Waals surface area (Å²) in [6.45, 7) is 1.55. The van der Waals surface area contributed by atoms with Crippen LogP contribution in [0, 0.1) is 15.9 Å². The molecule has 0 aromatic heterocycles. The number of nitrogens with zero attached hydrogens (tertiary/aromatic N) is 1. The first kappa shape index (κ1) is 15.8. The van der Waals surface area contributed by atoms with E-state index in [0.29, 0.717) is 6.42 Å². The Hall–Kier alpha value is -2.22. The molecule has 1 rings (SSSR count). The Morgan fingerprint density at radius 2 is 2.20 bits per heavy atom. The summed E-state index contributed by atoms with van der Waals surface area (Å²) in [4.78, 5) is 21.1. The van der Waals surface area contributed by atoms with Crippen LogP contribution in [0.1, 0.15) is 19.8 Å². The number of primary amides is 1. The highest BCUT2D eigenvalue weighted by atomic mass is 19.1. The van der Waals surface area contributed by atoms with Gasteiger partial charge < -0.3 is 16.2 Å². The van der Waals surface area contributed by atoms with Gasteiger partial charge in [-0.1, -0.05) is 0 Å². The standard InChI is InChI=1S/C12H16FN3O4/c1-12(15,11(14)17)5-2-6-20-10-7-8(13)3-4-9(10)16(18)19/h3-4,7H,2,5-6,15H2,1H3,(H2,14,17). The molecular formula is C12H16FN3O4. The smallest absolute Gasteiger partial charge is 0.311 e. The van der Waals surface area contributed by atoms with Gasteiger partial charge in [-0.2, -0.15) is 0 Å². The maximum absolute atomic E-state index is 13.0. The number of rotatable bonds is 7. The van der Waals surface area contributed by atoms with Gasteiger partial charge in [-0.3, -0.25) is 14.9 Å². The average Bonchev–Trinajstić information content (AvgIpc) is 2.34. The van der Waals surface area contributed by atoms with Gasteiger partial charge in [0.15, 0.2) is 5.75 Å². The summed E-state index contributed by atoms with van der Waals surface area (Å²) >= 11 is 0. The lowest BCUT2D eigenvalue weighted by Gasteiger charge is -2.20. The molecule has 0 spiro atoms. The van der Waals surface area contributed by atoms with E-state index in [1.54, 1.807) is 0 Å². The minimum Gasteiger partial charge on any atom is -0.487 e. The predicted molar refractivity (Wildman–Crippen MR) is 69.6 cm³/mol. The summed E-state index contributed by atoms with van der Waals surface area (Å²) in [5.74, 6) is -1.44. The first-order valence-corrected chi connectivity index (χ1v) is 5.89. The molecular weight excluding hydrogens is 269 g/mol. The van der Waals surface area contributed by atoms with Gasteiger partial charge in [0, 0.05) is 12.1 Å². The highest BCUT2D eigenvalue weighted by Crippen LogP contribution is 2.27. The number of nitrogens with two attached hydrogens (primary N) is 2. The summed E-state index contributed by atoms with van der Waals surface area (Å²) < 4.78 is 18.2. The van der Waals surface area contributed by atoms with E-state index in [2.05, 4.69) is 0 Å². The zero-order valence-electron chi connectivity index (χ0n) is 11.0. The van der Waals surface area contributed by atoms with Crippen LogP contribution in [0.5, 0.6) is 5.75 Å². The van der Waals surface area contributed by atoms with Crippen molar-refractivity contribution >= 4 is 11.6 Å². The van der Waals surface area contributed by atoms with Crippen molar-refractivity contribution in [1.82, 2.24) is 0 Å². The predicted octanol–water partition coefficient (Wildman–Crippen LogP) is 1.10. The molecule has 0 radical (unpaired) electrons. The van der Waals surface area contributed by atoms with Crippen molar-refractivity contribution in [2.24, 2.45) is 11.5 Å². The van der Waals surface area contributed by atoms with E-state index in [4.69, 9.17) is 16.2 Å². The Labute approximate surface area is 114 Å². The molecule has 0 heterocycles. The molecule has 4 N–H and O–H groups in total. The largest absolute Gasteiger partial charge is 0.487 e. The maximum atomic E-state index is 13.0. The fraction of sp³-hybridized carbons (Fsp3) is 0.417. The summed E-state index contributed by atoms with van der Waals surface area (Å²) in [5.41, 5.74) is 9.25. The zero-order valence-corrected chi connectivity index (χ0v) is 11.0. The normalized spacial score (nSPS) is 13.6. The second kappa shape index (κ2) is 6.29. The van der Waals surface area contributed by atoms with Gasteiger partial charge in [-0.05, 0) is 25.8 Å². The van der Waals surface area contributed by atoms with Gasteiger partial charge in [0.1, 0.15) is 5.82 Å². The van der Waals surface area contributed by atoms with E-state index in [0.717, 1.165) is 18.2 Å². The molecule has 1 unspecified atom stereocenters. The molecule has 0 bridgehead atoms. The molecule has 1 amide bonds. The molecule has 0 aliphatic carbocycles. The second-order valence-corrected chi connectivity index (χ2v) is 4.60. The van der Waals surface area contributed by atoms with Crippen LogP contribution in [0.15, 0.2) is 18.2 Å². The summed E-state index contributed by atoms with van der Waals surface area (Å²) in [6.07, 6.45) is 0.606. The number of ether oxygens (including phenoxy) is 1. The highest BCUT2D eigenvalue weighted by Gasteiger charge is 2.25. The molecule has 0 saturated heterocycles. The van der Waals surface area contributed by atoms with Crippen molar-refractivity contribution in [3.63, 3.8) is 0 Å². The van der Waals surface area contributed by atoms with Gasteiger partial charge in [-0.15, -0.1) is 0 Å². The summed E-state index contributed by atoms with van der Waals surface area (Å²) in [7, 11) is 0. The first-order valence-electron chi connectivity index (χ1n) is 5.89. The molecule has 0 saturated carbocycles. The molecule has 1 atom stereocenters. The molecule has 110 valence electrons. The van der Waals surface area contributed by atoms with Crippen LogP contribution in [0.3, 0.4) is 0 Å². The first-order chi connectivity index (χ1) is 9.24. The lowest BCUT2D eigenvalue weighted by Crippen LogP contribution is -2.49. The molecule has 0 aliphatic heterocycles. The molecule has 0 aliphatic rings. The maximum Gasteiger partial charge on any atom is 0.311 e. The monoisotopic (exact) mass is 285 g/mol. The van der Waals surface area contributed by atoms with Gasteiger partial charge in [0.05, 0.1) is 17.1 Å². The minimum absolute atomic E-state index is 0.0599. The third-order valence-electron chi connectivity index (χ3n) is 2.78. The number of halogens is 1. The number of nitro groups is 1. The van der Waals surface area contributed by atoms with Crippen LogP contribution in [0.2, 0.25) is 0 Å². The number of carbonyl (C=O) groups is 1. The van der Waals surface area contributed by atoms with Gasteiger partial charge in [0.25, 0.3) is 0 Å². The van der Waals surface area contributed by atoms with Crippen LogP contribution in [0.25, 0.3) is 0 Å². The van der Waals surface area contributed by atoms with Crippen LogP contribution in [-0.4, -0.2) is 23.0 Å². The zero-order chi connectivity index (χ0) is 15.3. The lowest BCUT2D eigenvalue weighted by molar-refractivity contribution is -0.385. The average molecular weight is 285 g/mol. The molecule has 0 fully saturated rings. The Morgan fingerprint density at radius 3 is 2.75 bits per heavy atom. The number of benzene rings is 1. The number of hydrogen-bond donors (Lipinski definition) is 2. The molecule has 20 heavy (non-hydrogen) atoms. The summed E-state index contributed by atoms with van der Waals surface area (Å²) in [5, 5.41) is 10.7. The fourth-order valence-electron chi connectivity index (χ4n) is 1.50. The van der Waals surface area contributed by atoms with Gasteiger partial charge in [-0.25, -0.2) is 4.39 Å². The number of nitro benzene ring substituents is 1. The number of hydrogen-bond acceptors (Lipinski definition) is 5. The van der Waals surface area contributed by atoms with Crippen molar-refractivity contribution in [3.05, 3.63) is 34.1 Å². The van der Waals surface area contributed by atoms with E-state index in [1.807, 2.05) is 0 Å². The van der Waals surface area contributed by atoms with Crippen molar-refractivity contribution in [1.29, 1.82) is 0 Å². The highest BCUT2D eigenvalue weighted by molar-refractivity contribution is 5.83. The van der Waals surface area contributed by atoms with Crippen LogP contribution in [-0.2, 0) is 4.79 Å². The number of carbonyl (C=O) groups excluding carboxylic acids is 1. The Bertz CT molecular complexity index is 519. The molecule has 1 aromatic carbocycles. The van der Waals surface area contributed by atoms with Crippen LogP contribution >= 0.6 is 0 Å². The Kier molecular flexibility index (Phi) is 4.98. The van der Waals surface area contributed by atoms with E-state index in [-0.39, 0.29) is 24.5 Å². The van der Waals surface area contributed by atoms with Crippen molar-refractivity contribution in [2.45, 2.75) is 25.3 Å². The van der Waals surface area contributed by atoms with E-state index < -0.39 is 22.2 Å². The molecule has 7 nitrogen and oxygen atoms in total. The topological polar surface area (TPSA) is 121 Å². The third kappa shape index (κ3) is 4.16. The van der Waals surface area contributed by atoms with E-state index >= 15 is 0 Å². The van der Waals surface area contributed by atoms with Gasteiger partial charge >= 0.3 is 5.69 Å².